The molecule has 2 aromatic rings. The number of hydrogen-bond donors (Lipinski definition) is 4. The molecule has 2 amide bonds. The van der Waals surface area contributed by atoms with E-state index in [1.54, 1.807) is 0 Å². The molecule has 0 fully saturated rings. The lowest BCUT2D eigenvalue weighted by Gasteiger charge is -2.27. The fourth-order valence-corrected chi connectivity index (χ4v) is 7.14. The summed E-state index contributed by atoms with van der Waals surface area (Å²) in [5.74, 6) is -0.668. The number of esters is 2. The highest BCUT2D eigenvalue weighted by molar-refractivity contribution is 6.01. The fourth-order valence-electron chi connectivity index (χ4n) is 7.14. The molecule has 49 heavy (non-hydrogen) atoms. The van der Waals surface area contributed by atoms with Crippen LogP contribution in [0.4, 0.5) is 0 Å². The lowest BCUT2D eigenvalue weighted by molar-refractivity contribution is -0.141. The summed E-state index contributed by atoms with van der Waals surface area (Å²) in [5.41, 5.74) is 12.5. The second-order valence-corrected chi connectivity index (χ2v) is 13.5. The summed E-state index contributed by atoms with van der Waals surface area (Å²) >= 11 is 0. The molecule has 0 unspecified atom stereocenters. The smallest absolute Gasteiger partial charge is 0.305 e. The van der Waals surface area contributed by atoms with Gasteiger partial charge in [-0.15, -0.1) is 0 Å². The SMILES string of the molecule is CCC1=C(C)C(=O)N/C1=C\c1[nH]c(C(C)(C)c2[nH]c(/C=C3\NC(=O)C(C)=C3CC)c(C)c2CCCC(=O)OC)c(CCCC(=O)OC)c1C. The standard InChI is InChI=1S/C39H52N4O6/c1-11-25-23(5)37(46)42-31(25)19-29-21(3)27(15-13-17-33(44)48-9)35(40-29)39(7,8)36-28(16-14-18-34(45)49-10)22(4)30(41-36)20-32-26(12-2)24(6)38(47)43-32/h19-20,40-41H,11-18H2,1-10H3,(H,42,46)(H,43,47)/b31-19-,32-20-. The van der Waals surface area contributed by atoms with Crippen LogP contribution in [0.5, 0.6) is 0 Å². The van der Waals surface area contributed by atoms with Crippen molar-refractivity contribution in [3.8, 4) is 0 Å². The molecule has 0 aromatic carbocycles. The summed E-state index contributed by atoms with van der Waals surface area (Å²) in [6, 6.07) is 0. The van der Waals surface area contributed by atoms with Gasteiger partial charge in [0.2, 0.25) is 0 Å². The van der Waals surface area contributed by atoms with Gasteiger partial charge in [0.15, 0.2) is 0 Å². The first-order chi connectivity index (χ1) is 23.2. The van der Waals surface area contributed by atoms with Gasteiger partial charge in [-0.05, 0) is 126 Å². The highest BCUT2D eigenvalue weighted by Gasteiger charge is 2.35. The number of carbonyl (C=O) groups excluding carboxylic acids is 4. The van der Waals surface area contributed by atoms with Crippen LogP contribution in [0.25, 0.3) is 12.2 Å². The lowest BCUT2D eigenvalue weighted by Crippen LogP contribution is -2.24. The maximum Gasteiger partial charge on any atom is 0.305 e. The molecule has 0 atom stereocenters. The van der Waals surface area contributed by atoms with E-state index >= 15 is 0 Å². The minimum absolute atomic E-state index is 0.0824. The average Bonchev–Trinajstić information content (AvgIpc) is 3.74. The zero-order valence-corrected chi connectivity index (χ0v) is 30.8. The monoisotopic (exact) mass is 672 g/mol. The predicted molar refractivity (Wildman–Crippen MR) is 191 cm³/mol. The van der Waals surface area contributed by atoms with Crippen LogP contribution >= 0.6 is 0 Å². The Morgan fingerprint density at radius 3 is 1.37 bits per heavy atom. The molecule has 10 nitrogen and oxygen atoms in total. The van der Waals surface area contributed by atoms with E-state index in [-0.39, 0.29) is 23.8 Å². The van der Waals surface area contributed by atoms with E-state index in [0.717, 1.165) is 91.6 Å². The molecule has 10 heteroatoms. The molecule has 0 saturated heterocycles. The van der Waals surface area contributed by atoms with E-state index in [2.05, 4.69) is 48.3 Å². The maximum atomic E-state index is 12.6. The van der Waals surface area contributed by atoms with Gasteiger partial charge < -0.3 is 30.1 Å². The van der Waals surface area contributed by atoms with E-state index in [0.29, 0.717) is 38.5 Å². The van der Waals surface area contributed by atoms with Crippen molar-refractivity contribution in [2.75, 3.05) is 14.2 Å². The average molecular weight is 673 g/mol. The molecule has 4 heterocycles. The van der Waals surface area contributed by atoms with E-state index in [1.165, 1.54) is 14.2 Å². The largest absolute Gasteiger partial charge is 0.469 e. The van der Waals surface area contributed by atoms with Crippen LogP contribution in [-0.4, -0.2) is 47.9 Å². The molecule has 2 aliphatic rings. The molecule has 4 N–H and O–H groups in total. The van der Waals surface area contributed by atoms with E-state index in [9.17, 15) is 19.2 Å². The molecule has 0 saturated carbocycles. The molecule has 0 aliphatic carbocycles. The number of carbonyl (C=O) groups is 4. The summed E-state index contributed by atoms with van der Waals surface area (Å²) in [7, 11) is 2.80. The third-order valence-electron chi connectivity index (χ3n) is 10.2. The van der Waals surface area contributed by atoms with Gasteiger partial charge >= 0.3 is 11.9 Å². The number of ether oxygens (including phenoxy) is 2. The van der Waals surface area contributed by atoms with Crippen LogP contribution in [0.2, 0.25) is 0 Å². The zero-order valence-electron chi connectivity index (χ0n) is 30.8. The zero-order chi connectivity index (χ0) is 36.2. The van der Waals surface area contributed by atoms with Crippen LogP contribution in [-0.2, 0) is 46.9 Å². The van der Waals surface area contributed by atoms with E-state index in [4.69, 9.17) is 9.47 Å². The summed E-state index contributed by atoms with van der Waals surface area (Å²) in [4.78, 5) is 56.8. The predicted octanol–water partition coefficient (Wildman–Crippen LogP) is 6.67. The molecule has 0 bridgehead atoms. The number of hydrogen-bond acceptors (Lipinski definition) is 6. The number of H-pyrrole nitrogens is 2. The van der Waals surface area contributed by atoms with Gasteiger partial charge in [-0.3, -0.25) is 19.2 Å². The van der Waals surface area contributed by atoms with Crippen LogP contribution in [0.1, 0.15) is 125 Å². The van der Waals surface area contributed by atoms with Crippen molar-refractivity contribution < 1.29 is 28.7 Å². The third kappa shape index (κ3) is 7.53. The number of allylic oxidation sites excluding steroid dienone is 2. The topological polar surface area (TPSA) is 142 Å². The molecule has 4 rings (SSSR count). The Hall–Kier alpha value is -4.60. The summed E-state index contributed by atoms with van der Waals surface area (Å²) in [6.45, 7) is 16.3. The normalized spacial score (nSPS) is 16.7. The molecule has 0 radical (unpaired) electrons. The van der Waals surface area contributed by atoms with Crippen molar-refractivity contribution in [1.82, 2.24) is 20.6 Å². The van der Waals surface area contributed by atoms with Crippen molar-refractivity contribution in [3.63, 3.8) is 0 Å². The van der Waals surface area contributed by atoms with Gasteiger partial charge in [-0.2, -0.15) is 0 Å². The Labute approximate surface area is 289 Å². The Balaban J connectivity index is 1.88. The Bertz CT molecular complexity index is 1660. The second-order valence-electron chi connectivity index (χ2n) is 13.5. The number of rotatable bonds is 14. The Morgan fingerprint density at radius 2 is 1.04 bits per heavy atom. The minimum Gasteiger partial charge on any atom is -0.469 e. The molecular formula is C39H52N4O6. The van der Waals surface area contributed by atoms with Gasteiger partial charge in [-0.1, -0.05) is 13.8 Å². The Morgan fingerprint density at radius 1 is 0.673 bits per heavy atom. The van der Waals surface area contributed by atoms with E-state index in [1.807, 2.05) is 39.8 Å². The number of nitrogens with one attached hydrogen (secondary N) is 4. The first-order valence-corrected chi connectivity index (χ1v) is 17.2. The lowest BCUT2D eigenvalue weighted by atomic mass is 9.79. The number of methoxy groups -OCH3 is 2. The molecule has 0 spiro atoms. The van der Waals surface area contributed by atoms with Gasteiger partial charge in [0.1, 0.15) is 0 Å². The molecule has 2 aromatic heterocycles. The fraction of sp³-hybridized carbons (Fsp3) is 0.487. The molecule has 264 valence electrons. The number of aromatic nitrogens is 2. The van der Waals surface area contributed by atoms with Crippen LogP contribution < -0.4 is 10.6 Å². The quantitative estimate of drug-likeness (QED) is 0.165. The molecular weight excluding hydrogens is 620 g/mol. The van der Waals surface area contributed by atoms with Gasteiger partial charge in [-0.25, -0.2) is 0 Å². The number of aromatic amines is 2. The highest BCUT2D eigenvalue weighted by Crippen LogP contribution is 2.41. The summed E-state index contributed by atoms with van der Waals surface area (Å²) in [5, 5.41) is 6.07. The van der Waals surface area contributed by atoms with Gasteiger partial charge in [0.25, 0.3) is 11.8 Å². The highest BCUT2D eigenvalue weighted by atomic mass is 16.5. The third-order valence-corrected chi connectivity index (χ3v) is 10.2. The van der Waals surface area contributed by atoms with Crippen molar-refractivity contribution in [2.45, 2.75) is 112 Å². The summed E-state index contributed by atoms with van der Waals surface area (Å²) < 4.78 is 9.85. The first kappa shape index (κ1) is 37.2. The summed E-state index contributed by atoms with van der Waals surface area (Å²) in [6.07, 6.45) is 8.59. The van der Waals surface area contributed by atoms with Crippen LogP contribution in [0.15, 0.2) is 33.7 Å². The minimum atomic E-state index is -0.583. The van der Waals surface area contributed by atoms with Gasteiger partial charge in [0, 0.05) is 63.6 Å². The van der Waals surface area contributed by atoms with Crippen molar-refractivity contribution in [1.29, 1.82) is 0 Å². The van der Waals surface area contributed by atoms with Crippen LogP contribution in [0.3, 0.4) is 0 Å². The van der Waals surface area contributed by atoms with Crippen molar-refractivity contribution in [3.05, 3.63) is 78.7 Å². The Kier molecular flexibility index (Phi) is 11.6. The van der Waals surface area contributed by atoms with Crippen molar-refractivity contribution >= 4 is 35.9 Å². The number of amides is 2. The van der Waals surface area contributed by atoms with Crippen LogP contribution in [0, 0.1) is 13.8 Å². The maximum absolute atomic E-state index is 12.6. The van der Waals surface area contributed by atoms with E-state index < -0.39 is 5.41 Å². The first-order valence-electron chi connectivity index (χ1n) is 17.2. The second kappa shape index (κ2) is 15.3. The van der Waals surface area contributed by atoms with Crippen molar-refractivity contribution in [2.24, 2.45) is 0 Å². The molecule has 2 aliphatic heterocycles. The van der Waals surface area contributed by atoms with Gasteiger partial charge in [0.05, 0.1) is 14.2 Å².